The average Bonchev–Trinajstić information content (AvgIpc) is 2.62. The van der Waals surface area contributed by atoms with Gasteiger partial charge in [0.05, 0.1) is 24.4 Å². The molecule has 2 aromatic carbocycles. The van der Waals surface area contributed by atoms with Crippen LogP contribution >= 0.6 is 0 Å². The maximum absolute atomic E-state index is 12.3. The van der Waals surface area contributed by atoms with Crippen molar-refractivity contribution in [1.82, 2.24) is 0 Å². The van der Waals surface area contributed by atoms with Crippen LogP contribution in [0.15, 0.2) is 42.5 Å². The van der Waals surface area contributed by atoms with Gasteiger partial charge in [-0.15, -0.1) is 0 Å². The second kappa shape index (κ2) is 8.67. The minimum absolute atomic E-state index is 0.136. The molecule has 6 heteroatoms. The van der Waals surface area contributed by atoms with E-state index >= 15 is 0 Å². The number of hydrogen-bond acceptors (Lipinski definition) is 4. The van der Waals surface area contributed by atoms with Crippen LogP contribution < -0.4 is 15.0 Å². The summed E-state index contributed by atoms with van der Waals surface area (Å²) < 4.78 is 5.25. The van der Waals surface area contributed by atoms with Crippen LogP contribution in [0.1, 0.15) is 24.5 Å². The number of nitrogens with zero attached hydrogens (tertiary/aromatic N) is 2. The summed E-state index contributed by atoms with van der Waals surface area (Å²) in [5.41, 5.74) is 2.77. The van der Waals surface area contributed by atoms with Gasteiger partial charge in [0, 0.05) is 25.6 Å². The number of amides is 2. The summed E-state index contributed by atoms with van der Waals surface area (Å²) in [5.74, 6) is 0.198. The van der Waals surface area contributed by atoms with Gasteiger partial charge in [-0.1, -0.05) is 6.07 Å². The molecule has 0 aromatic heterocycles. The van der Waals surface area contributed by atoms with Crippen LogP contribution in [0.3, 0.4) is 0 Å². The van der Waals surface area contributed by atoms with Crippen molar-refractivity contribution in [3.63, 3.8) is 0 Å². The van der Waals surface area contributed by atoms with Crippen LogP contribution in [0.5, 0.6) is 5.75 Å². The fraction of sp³-hybridized carbons (Fsp3) is 0.250. The van der Waals surface area contributed by atoms with Crippen LogP contribution in [0.25, 0.3) is 0 Å². The molecule has 0 spiro atoms. The van der Waals surface area contributed by atoms with Crippen molar-refractivity contribution in [2.24, 2.45) is 0 Å². The predicted molar refractivity (Wildman–Crippen MR) is 100 cm³/mol. The molecule has 134 valence electrons. The Bertz CT molecular complexity index is 838. The summed E-state index contributed by atoms with van der Waals surface area (Å²) in [7, 11) is 1.54. The van der Waals surface area contributed by atoms with Gasteiger partial charge in [0.2, 0.25) is 11.8 Å². The molecule has 6 nitrogen and oxygen atoms in total. The van der Waals surface area contributed by atoms with Crippen molar-refractivity contribution in [2.75, 3.05) is 23.9 Å². The molecule has 0 saturated heterocycles. The van der Waals surface area contributed by atoms with Gasteiger partial charge >= 0.3 is 0 Å². The van der Waals surface area contributed by atoms with E-state index in [2.05, 4.69) is 5.32 Å². The highest BCUT2D eigenvalue weighted by atomic mass is 16.5. The van der Waals surface area contributed by atoms with E-state index < -0.39 is 0 Å². The van der Waals surface area contributed by atoms with Crippen LogP contribution in [0.4, 0.5) is 11.4 Å². The molecule has 26 heavy (non-hydrogen) atoms. The molecule has 0 bridgehead atoms. The molecule has 0 saturated carbocycles. The first-order chi connectivity index (χ1) is 12.4. The molecule has 2 rings (SSSR count). The SMILES string of the molecule is COc1ccc(C)cc1NC(=O)CCN(C(C)=O)c1ccc(C#N)cc1. The fourth-order valence-corrected chi connectivity index (χ4v) is 2.53. The fourth-order valence-electron chi connectivity index (χ4n) is 2.53. The number of anilines is 2. The van der Waals surface area contributed by atoms with Gasteiger partial charge < -0.3 is 15.0 Å². The zero-order valence-electron chi connectivity index (χ0n) is 15.1. The van der Waals surface area contributed by atoms with Gasteiger partial charge in [-0.3, -0.25) is 9.59 Å². The van der Waals surface area contributed by atoms with Crippen molar-refractivity contribution in [3.8, 4) is 11.8 Å². The summed E-state index contributed by atoms with van der Waals surface area (Å²) in [5, 5.41) is 11.7. The Kier molecular flexibility index (Phi) is 6.34. The van der Waals surface area contributed by atoms with Gasteiger partial charge in [-0.05, 0) is 48.9 Å². The number of ether oxygens (including phenoxy) is 1. The minimum atomic E-state index is -0.214. The maximum Gasteiger partial charge on any atom is 0.226 e. The summed E-state index contributed by atoms with van der Waals surface area (Å²) >= 11 is 0. The molecule has 0 radical (unpaired) electrons. The second-order valence-corrected chi connectivity index (χ2v) is 5.83. The van der Waals surface area contributed by atoms with E-state index in [1.807, 2.05) is 25.1 Å². The predicted octanol–water partition coefficient (Wildman–Crippen LogP) is 3.26. The Hall–Kier alpha value is -3.33. The number of methoxy groups -OCH3 is 1. The van der Waals surface area contributed by atoms with Gasteiger partial charge in [-0.2, -0.15) is 5.26 Å². The first-order valence-corrected chi connectivity index (χ1v) is 8.17. The molecule has 0 atom stereocenters. The number of carbonyl (C=O) groups excluding carboxylic acids is 2. The summed E-state index contributed by atoms with van der Waals surface area (Å²) in [6.45, 7) is 3.61. The van der Waals surface area contributed by atoms with Crippen molar-refractivity contribution in [3.05, 3.63) is 53.6 Å². The normalized spacial score (nSPS) is 9.92. The molecule has 2 aromatic rings. The minimum Gasteiger partial charge on any atom is -0.495 e. The lowest BCUT2D eigenvalue weighted by Gasteiger charge is -2.21. The molecule has 0 aliphatic carbocycles. The van der Waals surface area contributed by atoms with E-state index in [-0.39, 0.29) is 24.8 Å². The molecule has 0 heterocycles. The third kappa shape index (κ3) is 4.84. The van der Waals surface area contributed by atoms with Crippen LogP contribution in [0.2, 0.25) is 0 Å². The summed E-state index contributed by atoms with van der Waals surface area (Å²) in [6, 6.07) is 14.2. The molecule has 0 aliphatic rings. The maximum atomic E-state index is 12.3. The Balaban J connectivity index is 2.05. The van der Waals surface area contributed by atoms with E-state index in [0.717, 1.165) is 5.56 Å². The van der Waals surface area contributed by atoms with E-state index in [9.17, 15) is 9.59 Å². The lowest BCUT2D eigenvalue weighted by molar-refractivity contribution is -0.117. The largest absolute Gasteiger partial charge is 0.495 e. The van der Waals surface area contributed by atoms with Crippen LogP contribution in [-0.4, -0.2) is 25.5 Å². The zero-order chi connectivity index (χ0) is 19.1. The Morgan fingerprint density at radius 3 is 2.46 bits per heavy atom. The Labute approximate surface area is 153 Å². The third-order valence-corrected chi connectivity index (χ3v) is 3.88. The van der Waals surface area contributed by atoms with Crippen LogP contribution in [-0.2, 0) is 9.59 Å². The Morgan fingerprint density at radius 1 is 1.19 bits per heavy atom. The molecule has 0 aliphatic heterocycles. The highest BCUT2D eigenvalue weighted by Gasteiger charge is 2.14. The number of nitriles is 1. The number of benzene rings is 2. The van der Waals surface area contributed by atoms with Gasteiger partial charge in [-0.25, -0.2) is 0 Å². The number of nitrogens with one attached hydrogen (secondary N) is 1. The van der Waals surface area contributed by atoms with E-state index in [4.69, 9.17) is 10.00 Å². The van der Waals surface area contributed by atoms with E-state index in [1.54, 1.807) is 37.4 Å². The van der Waals surface area contributed by atoms with E-state index in [1.165, 1.54) is 11.8 Å². The molecule has 2 amide bonds. The first-order valence-electron chi connectivity index (χ1n) is 8.17. The lowest BCUT2D eigenvalue weighted by Crippen LogP contribution is -2.32. The van der Waals surface area contributed by atoms with Crippen molar-refractivity contribution >= 4 is 23.2 Å². The van der Waals surface area contributed by atoms with Gasteiger partial charge in [0.25, 0.3) is 0 Å². The number of rotatable bonds is 6. The molecule has 0 fully saturated rings. The van der Waals surface area contributed by atoms with Gasteiger partial charge in [0.1, 0.15) is 5.75 Å². The third-order valence-electron chi connectivity index (χ3n) is 3.88. The summed E-state index contributed by atoms with van der Waals surface area (Å²) in [6.07, 6.45) is 0.136. The lowest BCUT2D eigenvalue weighted by atomic mass is 10.2. The highest BCUT2D eigenvalue weighted by Crippen LogP contribution is 2.25. The van der Waals surface area contributed by atoms with Crippen molar-refractivity contribution in [2.45, 2.75) is 20.3 Å². The molecular weight excluding hydrogens is 330 g/mol. The zero-order valence-corrected chi connectivity index (χ0v) is 15.1. The number of carbonyl (C=O) groups is 2. The monoisotopic (exact) mass is 351 g/mol. The van der Waals surface area contributed by atoms with Crippen molar-refractivity contribution in [1.29, 1.82) is 5.26 Å². The Morgan fingerprint density at radius 2 is 1.88 bits per heavy atom. The first kappa shape index (κ1) is 19.0. The van der Waals surface area contributed by atoms with Gasteiger partial charge in [0.15, 0.2) is 0 Å². The smallest absolute Gasteiger partial charge is 0.226 e. The topological polar surface area (TPSA) is 82.4 Å². The van der Waals surface area contributed by atoms with E-state index in [0.29, 0.717) is 22.7 Å². The number of aryl methyl sites for hydroxylation is 1. The molecular formula is C20H21N3O3. The standard InChI is InChI=1S/C20H21N3O3/c1-14-4-9-19(26-3)18(12-14)22-20(25)10-11-23(15(2)24)17-7-5-16(13-21)6-8-17/h4-9,12H,10-11H2,1-3H3,(H,22,25). The quantitative estimate of drug-likeness (QED) is 0.866. The second-order valence-electron chi connectivity index (χ2n) is 5.83. The van der Waals surface area contributed by atoms with Crippen LogP contribution in [0, 0.1) is 18.3 Å². The highest BCUT2D eigenvalue weighted by molar-refractivity contribution is 5.95. The molecule has 0 unspecified atom stereocenters. The molecule has 1 N–H and O–H groups in total. The average molecular weight is 351 g/mol. The van der Waals surface area contributed by atoms with Crippen molar-refractivity contribution < 1.29 is 14.3 Å². The number of hydrogen-bond donors (Lipinski definition) is 1. The summed E-state index contributed by atoms with van der Waals surface area (Å²) in [4.78, 5) is 25.7.